The molecule has 0 saturated heterocycles. The predicted octanol–water partition coefficient (Wildman–Crippen LogP) is 2.82. The lowest BCUT2D eigenvalue weighted by molar-refractivity contribution is 0.623. The molecule has 90 valence electrons. The van der Waals surface area contributed by atoms with E-state index in [0.717, 1.165) is 18.8 Å². The third-order valence-corrected chi connectivity index (χ3v) is 3.22. The molecule has 1 unspecified atom stereocenters. The van der Waals surface area contributed by atoms with Crippen LogP contribution < -0.4 is 5.32 Å². The molecule has 0 aromatic heterocycles. The van der Waals surface area contributed by atoms with Crippen LogP contribution in [-0.2, 0) is 0 Å². The Kier molecular flexibility index (Phi) is 3.20. The van der Waals surface area contributed by atoms with Crippen molar-refractivity contribution in [2.75, 3.05) is 13.1 Å². The van der Waals surface area contributed by atoms with Crippen molar-refractivity contribution in [2.45, 2.75) is 6.04 Å². The molecular weight excluding hydrogens is 220 g/mol. The average Bonchev–Trinajstić information content (AvgIpc) is 2.49. The molecule has 18 heavy (non-hydrogen) atoms. The summed E-state index contributed by atoms with van der Waals surface area (Å²) in [5.41, 5.74) is 3.63. The van der Waals surface area contributed by atoms with E-state index in [9.17, 15) is 0 Å². The molecule has 1 aliphatic rings. The summed E-state index contributed by atoms with van der Waals surface area (Å²) in [5, 5.41) is 3.55. The lowest BCUT2D eigenvalue weighted by Gasteiger charge is -2.25. The first-order chi connectivity index (χ1) is 8.95. The smallest absolute Gasteiger partial charge is 0.0753 e. The molecule has 1 heterocycles. The van der Waals surface area contributed by atoms with Gasteiger partial charge in [-0.25, -0.2) is 0 Å². The molecule has 1 aliphatic heterocycles. The molecule has 0 bridgehead atoms. The highest BCUT2D eigenvalue weighted by Crippen LogP contribution is 2.21. The van der Waals surface area contributed by atoms with Crippen LogP contribution in [0.1, 0.15) is 17.2 Å². The van der Waals surface area contributed by atoms with Gasteiger partial charge in [0.2, 0.25) is 0 Å². The fraction of sp³-hybridized carbons (Fsp3) is 0.188. The summed E-state index contributed by atoms with van der Waals surface area (Å²) in [6.45, 7) is 1.80. The minimum absolute atomic E-state index is 0.211. The average molecular weight is 236 g/mol. The van der Waals surface area contributed by atoms with Crippen LogP contribution in [0.3, 0.4) is 0 Å². The van der Waals surface area contributed by atoms with E-state index in [0.29, 0.717) is 0 Å². The molecule has 0 amide bonds. The minimum Gasteiger partial charge on any atom is -0.303 e. The van der Waals surface area contributed by atoms with Gasteiger partial charge in [0.25, 0.3) is 0 Å². The zero-order valence-electron chi connectivity index (χ0n) is 10.2. The Hall–Kier alpha value is -1.93. The van der Waals surface area contributed by atoms with Gasteiger partial charge < -0.3 is 5.32 Å². The molecule has 1 atom stereocenters. The summed E-state index contributed by atoms with van der Waals surface area (Å²) in [4.78, 5) is 4.71. The number of benzene rings is 2. The van der Waals surface area contributed by atoms with E-state index in [1.54, 1.807) is 0 Å². The molecule has 0 fully saturated rings. The Balaban J connectivity index is 1.99. The van der Waals surface area contributed by atoms with Crippen molar-refractivity contribution in [3.63, 3.8) is 0 Å². The van der Waals surface area contributed by atoms with E-state index in [4.69, 9.17) is 4.99 Å². The number of nitrogens with one attached hydrogen (secondary N) is 1. The Morgan fingerprint density at radius 2 is 1.56 bits per heavy atom. The van der Waals surface area contributed by atoms with Crippen LogP contribution in [0, 0.1) is 0 Å². The summed E-state index contributed by atoms with van der Waals surface area (Å²) >= 11 is 0. The fourth-order valence-electron chi connectivity index (χ4n) is 2.36. The quantitative estimate of drug-likeness (QED) is 0.852. The second-order valence-electron chi connectivity index (χ2n) is 4.43. The van der Waals surface area contributed by atoms with E-state index in [2.05, 4.69) is 53.8 Å². The minimum atomic E-state index is 0.211. The maximum Gasteiger partial charge on any atom is 0.0753 e. The molecule has 1 N–H and O–H groups in total. The first-order valence-electron chi connectivity index (χ1n) is 6.33. The van der Waals surface area contributed by atoms with Crippen LogP contribution in [0.5, 0.6) is 0 Å². The molecule has 2 aromatic carbocycles. The zero-order chi connectivity index (χ0) is 12.2. The zero-order valence-corrected chi connectivity index (χ0v) is 10.2. The fourth-order valence-corrected chi connectivity index (χ4v) is 2.36. The van der Waals surface area contributed by atoms with Gasteiger partial charge in [-0.3, -0.25) is 4.99 Å². The van der Waals surface area contributed by atoms with E-state index >= 15 is 0 Å². The molecule has 0 spiro atoms. The number of rotatable bonds is 2. The van der Waals surface area contributed by atoms with Crippen LogP contribution in [-0.4, -0.2) is 18.8 Å². The maximum absolute atomic E-state index is 4.71. The third kappa shape index (κ3) is 2.20. The predicted molar refractivity (Wildman–Crippen MR) is 75.0 cm³/mol. The van der Waals surface area contributed by atoms with Gasteiger partial charge in [0, 0.05) is 6.54 Å². The van der Waals surface area contributed by atoms with Crippen LogP contribution in [0.25, 0.3) is 0 Å². The van der Waals surface area contributed by atoms with Gasteiger partial charge in [-0.15, -0.1) is 0 Å². The second-order valence-corrected chi connectivity index (χ2v) is 4.43. The summed E-state index contributed by atoms with van der Waals surface area (Å²) in [7, 11) is 0. The standard InChI is InChI=1S/C16H16N2/c1-3-7-13(8-4-1)15-16(18-12-11-17-15)14-9-5-2-6-10-14/h1-10,15,17H,11-12H2. The number of aliphatic imine (C=N–C) groups is 1. The monoisotopic (exact) mass is 236 g/mol. The number of hydrogen-bond donors (Lipinski definition) is 1. The van der Waals surface area contributed by atoms with Gasteiger partial charge in [-0.2, -0.15) is 0 Å². The van der Waals surface area contributed by atoms with Gasteiger partial charge in [0.1, 0.15) is 0 Å². The molecule has 2 nitrogen and oxygen atoms in total. The van der Waals surface area contributed by atoms with Crippen molar-refractivity contribution in [1.29, 1.82) is 0 Å². The lowest BCUT2D eigenvalue weighted by atomic mass is 9.95. The molecular formula is C16H16N2. The van der Waals surface area contributed by atoms with E-state index in [1.807, 2.05) is 12.1 Å². The highest BCUT2D eigenvalue weighted by Gasteiger charge is 2.21. The Labute approximate surface area is 107 Å². The summed E-state index contributed by atoms with van der Waals surface area (Å²) in [6.07, 6.45) is 0. The van der Waals surface area contributed by atoms with Crippen LogP contribution in [0.2, 0.25) is 0 Å². The molecule has 0 aliphatic carbocycles. The van der Waals surface area contributed by atoms with Crippen molar-refractivity contribution in [3.8, 4) is 0 Å². The van der Waals surface area contributed by atoms with E-state index in [-0.39, 0.29) is 6.04 Å². The highest BCUT2D eigenvalue weighted by molar-refractivity contribution is 6.05. The Morgan fingerprint density at radius 3 is 2.28 bits per heavy atom. The molecule has 0 saturated carbocycles. The Bertz CT molecular complexity index is 532. The topological polar surface area (TPSA) is 24.4 Å². The number of nitrogens with zero attached hydrogens (tertiary/aromatic N) is 1. The van der Waals surface area contributed by atoms with Gasteiger partial charge in [-0.05, 0) is 11.1 Å². The molecule has 2 aromatic rings. The first kappa shape index (κ1) is 11.2. The largest absolute Gasteiger partial charge is 0.303 e. The van der Waals surface area contributed by atoms with Crippen molar-refractivity contribution in [2.24, 2.45) is 4.99 Å². The van der Waals surface area contributed by atoms with Crippen LogP contribution >= 0.6 is 0 Å². The summed E-state index contributed by atoms with van der Waals surface area (Å²) < 4.78 is 0. The normalized spacial score (nSPS) is 19.3. The van der Waals surface area contributed by atoms with E-state index < -0.39 is 0 Å². The summed E-state index contributed by atoms with van der Waals surface area (Å²) in [5.74, 6) is 0. The van der Waals surface area contributed by atoms with Gasteiger partial charge >= 0.3 is 0 Å². The van der Waals surface area contributed by atoms with Gasteiger partial charge in [-0.1, -0.05) is 60.7 Å². The van der Waals surface area contributed by atoms with Crippen molar-refractivity contribution < 1.29 is 0 Å². The highest BCUT2D eigenvalue weighted by atomic mass is 15.0. The SMILES string of the molecule is c1ccc(C2=NCCNC2c2ccccc2)cc1. The van der Waals surface area contributed by atoms with Crippen molar-refractivity contribution >= 4 is 5.71 Å². The molecule has 3 rings (SSSR count). The molecule has 2 heteroatoms. The van der Waals surface area contributed by atoms with Gasteiger partial charge in [0.05, 0.1) is 18.3 Å². The molecule has 0 radical (unpaired) electrons. The summed E-state index contributed by atoms with van der Waals surface area (Å²) in [6, 6.07) is 21.1. The van der Waals surface area contributed by atoms with Gasteiger partial charge in [0.15, 0.2) is 0 Å². The lowest BCUT2D eigenvalue weighted by Crippen LogP contribution is -2.35. The first-order valence-corrected chi connectivity index (χ1v) is 6.33. The van der Waals surface area contributed by atoms with Crippen LogP contribution in [0.15, 0.2) is 65.7 Å². The third-order valence-electron chi connectivity index (χ3n) is 3.22. The van der Waals surface area contributed by atoms with Crippen molar-refractivity contribution in [3.05, 3.63) is 71.8 Å². The van der Waals surface area contributed by atoms with Crippen molar-refractivity contribution in [1.82, 2.24) is 5.32 Å². The Morgan fingerprint density at radius 1 is 0.889 bits per heavy atom. The number of hydrogen-bond acceptors (Lipinski definition) is 2. The van der Waals surface area contributed by atoms with E-state index in [1.165, 1.54) is 11.1 Å². The maximum atomic E-state index is 4.71. The van der Waals surface area contributed by atoms with Crippen LogP contribution in [0.4, 0.5) is 0 Å². The second kappa shape index (κ2) is 5.15.